The SMILES string of the molecule is CCCCC(CC)COC(=O)CCCCC(=O)OCC(C)C. The number of carbonyl (C=O) groups is 2. The van der Waals surface area contributed by atoms with Gasteiger partial charge in [0.25, 0.3) is 0 Å². The van der Waals surface area contributed by atoms with Crippen LogP contribution in [0.3, 0.4) is 0 Å². The van der Waals surface area contributed by atoms with Gasteiger partial charge in [-0.2, -0.15) is 0 Å². The number of ether oxygens (including phenoxy) is 2. The average molecular weight is 314 g/mol. The van der Waals surface area contributed by atoms with Gasteiger partial charge in [-0.3, -0.25) is 9.59 Å². The Kier molecular flexibility index (Phi) is 12.9. The Bertz CT molecular complexity index is 299. The molecule has 0 aromatic heterocycles. The molecule has 4 heteroatoms. The van der Waals surface area contributed by atoms with Crippen LogP contribution in [0.4, 0.5) is 0 Å². The third-order valence-electron chi connectivity index (χ3n) is 3.61. The maximum Gasteiger partial charge on any atom is 0.305 e. The number of hydrogen-bond acceptors (Lipinski definition) is 4. The molecule has 0 rings (SSSR count). The van der Waals surface area contributed by atoms with Crippen molar-refractivity contribution in [1.82, 2.24) is 0 Å². The molecule has 0 saturated carbocycles. The van der Waals surface area contributed by atoms with Crippen molar-refractivity contribution in [2.75, 3.05) is 13.2 Å². The molecule has 0 N–H and O–H groups in total. The Morgan fingerprint density at radius 1 is 0.864 bits per heavy atom. The van der Waals surface area contributed by atoms with E-state index < -0.39 is 0 Å². The van der Waals surface area contributed by atoms with Crippen molar-refractivity contribution in [2.24, 2.45) is 11.8 Å². The molecule has 130 valence electrons. The van der Waals surface area contributed by atoms with E-state index in [0.717, 1.165) is 12.8 Å². The molecule has 22 heavy (non-hydrogen) atoms. The Labute approximate surface area is 135 Å². The molecule has 0 aromatic carbocycles. The summed E-state index contributed by atoms with van der Waals surface area (Å²) in [4.78, 5) is 23.1. The van der Waals surface area contributed by atoms with Gasteiger partial charge < -0.3 is 9.47 Å². The summed E-state index contributed by atoms with van der Waals surface area (Å²) >= 11 is 0. The number of carbonyl (C=O) groups excluding carboxylic acids is 2. The monoisotopic (exact) mass is 314 g/mol. The van der Waals surface area contributed by atoms with Gasteiger partial charge in [-0.15, -0.1) is 0 Å². The van der Waals surface area contributed by atoms with E-state index in [1.165, 1.54) is 12.8 Å². The Hall–Kier alpha value is -1.06. The van der Waals surface area contributed by atoms with Gasteiger partial charge in [0.15, 0.2) is 0 Å². The highest BCUT2D eigenvalue weighted by atomic mass is 16.5. The molecule has 0 fully saturated rings. The standard InChI is InChI=1S/C18H34O4/c1-5-7-10-16(6-2)14-22-18(20)12-9-8-11-17(19)21-13-15(3)4/h15-16H,5-14H2,1-4H3. The highest BCUT2D eigenvalue weighted by molar-refractivity contribution is 5.70. The van der Waals surface area contributed by atoms with Crippen LogP contribution in [0.1, 0.15) is 79.1 Å². The van der Waals surface area contributed by atoms with Gasteiger partial charge in [0.1, 0.15) is 0 Å². The lowest BCUT2D eigenvalue weighted by atomic mass is 10.0. The average Bonchev–Trinajstić information content (AvgIpc) is 2.49. The maximum atomic E-state index is 11.7. The fraction of sp³-hybridized carbons (Fsp3) is 0.889. The zero-order valence-electron chi connectivity index (χ0n) is 14.9. The summed E-state index contributed by atoms with van der Waals surface area (Å²) in [5.74, 6) is 0.520. The van der Waals surface area contributed by atoms with Gasteiger partial charge >= 0.3 is 11.9 Å². The lowest BCUT2D eigenvalue weighted by Crippen LogP contribution is -2.14. The smallest absolute Gasteiger partial charge is 0.305 e. The van der Waals surface area contributed by atoms with E-state index in [-0.39, 0.29) is 11.9 Å². The molecule has 0 heterocycles. The predicted molar refractivity (Wildman–Crippen MR) is 88.5 cm³/mol. The van der Waals surface area contributed by atoms with Crippen molar-refractivity contribution < 1.29 is 19.1 Å². The molecular formula is C18H34O4. The molecule has 1 atom stereocenters. The van der Waals surface area contributed by atoms with Crippen LogP contribution in [0.15, 0.2) is 0 Å². The zero-order chi connectivity index (χ0) is 16.8. The Balaban J connectivity index is 3.62. The van der Waals surface area contributed by atoms with Gasteiger partial charge in [-0.05, 0) is 31.1 Å². The van der Waals surface area contributed by atoms with Gasteiger partial charge in [0.2, 0.25) is 0 Å². The molecular weight excluding hydrogens is 280 g/mol. The highest BCUT2D eigenvalue weighted by Gasteiger charge is 2.10. The first-order valence-electron chi connectivity index (χ1n) is 8.80. The fourth-order valence-corrected chi connectivity index (χ4v) is 2.05. The summed E-state index contributed by atoms with van der Waals surface area (Å²) in [5.41, 5.74) is 0. The van der Waals surface area contributed by atoms with Crippen LogP contribution in [0, 0.1) is 11.8 Å². The van der Waals surface area contributed by atoms with Crippen molar-refractivity contribution in [3.63, 3.8) is 0 Å². The second-order valence-corrected chi connectivity index (χ2v) is 6.38. The van der Waals surface area contributed by atoms with Crippen LogP contribution in [0.5, 0.6) is 0 Å². The molecule has 0 aliphatic heterocycles. The second kappa shape index (κ2) is 13.6. The topological polar surface area (TPSA) is 52.6 Å². The number of unbranched alkanes of at least 4 members (excludes halogenated alkanes) is 2. The van der Waals surface area contributed by atoms with Crippen molar-refractivity contribution in [3.8, 4) is 0 Å². The van der Waals surface area contributed by atoms with E-state index in [0.29, 0.717) is 50.7 Å². The molecule has 0 amide bonds. The van der Waals surface area contributed by atoms with Crippen LogP contribution in [0.25, 0.3) is 0 Å². The normalized spacial score (nSPS) is 12.2. The molecule has 0 aliphatic carbocycles. The van der Waals surface area contributed by atoms with Crippen LogP contribution in [-0.2, 0) is 19.1 Å². The number of hydrogen-bond donors (Lipinski definition) is 0. The third kappa shape index (κ3) is 12.7. The van der Waals surface area contributed by atoms with E-state index in [2.05, 4.69) is 13.8 Å². The number of esters is 2. The van der Waals surface area contributed by atoms with E-state index in [1.54, 1.807) is 0 Å². The first-order valence-corrected chi connectivity index (χ1v) is 8.80. The molecule has 0 radical (unpaired) electrons. The molecule has 1 unspecified atom stereocenters. The predicted octanol–water partition coefficient (Wildman–Crippen LogP) is 4.51. The summed E-state index contributed by atoms with van der Waals surface area (Å²) in [7, 11) is 0. The van der Waals surface area contributed by atoms with Crippen molar-refractivity contribution in [1.29, 1.82) is 0 Å². The first kappa shape index (κ1) is 20.9. The second-order valence-electron chi connectivity index (χ2n) is 6.38. The summed E-state index contributed by atoms with van der Waals surface area (Å²) in [5, 5.41) is 0. The van der Waals surface area contributed by atoms with E-state index >= 15 is 0 Å². The quantitative estimate of drug-likeness (QED) is 0.371. The van der Waals surface area contributed by atoms with E-state index in [9.17, 15) is 9.59 Å². The largest absolute Gasteiger partial charge is 0.465 e. The van der Waals surface area contributed by atoms with Gasteiger partial charge in [-0.25, -0.2) is 0 Å². The van der Waals surface area contributed by atoms with Crippen LogP contribution < -0.4 is 0 Å². The Morgan fingerprint density at radius 2 is 1.41 bits per heavy atom. The minimum Gasteiger partial charge on any atom is -0.465 e. The van der Waals surface area contributed by atoms with E-state index in [4.69, 9.17) is 9.47 Å². The van der Waals surface area contributed by atoms with Crippen molar-refractivity contribution in [2.45, 2.75) is 79.1 Å². The summed E-state index contributed by atoms with van der Waals surface area (Å²) in [6.07, 6.45) is 6.68. The molecule has 0 saturated heterocycles. The van der Waals surface area contributed by atoms with Crippen LogP contribution >= 0.6 is 0 Å². The molecule has 0 bridgehead atoms. The molecule has 4 nitrogen and oxygen atoms in total. The highest BCUT2D eigenvalue weighted by Crippen LogP contribution is 2.13. The van der Waals surface area contributed by atoms with Gasteiger partial charge in [0, 0.05) is 12.8 Å². The Morgan fingerprint density at radius 3 is 1.86 bits per heavy atom. The zero-order valence-corrected chi connectivity index (χ0v) is 14.9. The van der Waals surface area contributed by atoms with E-state index in [1.807, 2.05) is 13.8 Å². The minimum absolute atomic E-state index is 0.148. The van der Waals surface area contributed by atoms with Crippen LogP contribution in [-0.4, -0.2) is 25.2 Å². The van der Waals surface area contributed by atoms with Gasteiger partial charge in [0.05, 0.1) is 13.2 Å². The first-order chi connectivity index (χ1) is 10.5. The minimum atomic E-state index is -0.173. The molecule has 0 spiro atoms. The fourth-order valence-electron chi connectivity index (χ4n) is 2.05. The molecule has 0 aromatic rings. The van der Waals surface area contributed by atoms with Gasteiger partial charge in [-0.1, -0.05) is 47.0 Å². The third-order valence-corrected chi connectivity index (χ3v) is 3.61. The number of rotatable bonds is 13. The summed E-state index contributed by atoms with van der Waals surface area (Å²) < 4.78 is 10.4. The summed E-state index contributed by atoms with van der Waals surface area (Å²) in [6, 6.07) is 0. The maximum absolute atomic E-state index is 11.7. The van der Waals surface area contributed by atoms with Crippen molar-refractivity contribution >= 4 is 11.9 Å². The van der Waals surface area contributed by atoms with Crippen LogP contribution in [0.2, 0.25) is 0 Å². The van der Waals surface area contributed by atoms with Crippen molar-refractivity contribution in [3.05, 3.63) is 0 Å². The summed E-state index contributed by atoms with van der Waals surface area (Å²) in [6.45, 7) is 9.32. The lowest BCUT2D eigenvalue weighted by molar-refractivity contribution is -0.147. The molecule has 0 aliphatic rings. The lowest BCUT2D eigenvalue weighted by Gasteiger charge is -2.14.